The summed E-state index contributed by atoms with van der Waals surface area (Å²) in [5.41, 5.74) is 1.33. The van der Waals surface area contributed by atoms with Crippen molar-refractivity contribution in [2.24, 2.45) is 0 Å². The van der Waals surface area contributed by atoms with Crippen LogP contribution in [-0.2, 0) is 0 Å². The molecule has 0 unspecified atom stereocenters. The summed E-state index contributed by atoms with van der Waals surface area (Å²) >= 11 is 1.77. The molecule has 1 heterocycles. The fraction of sp³-hybridized carbons (Fsp3) is 0.600. The Hall–Kier alpha value is -0.380. The number of nitrogens with one attached hydrogen (secondary N) is 1. The summed E-state index contributed by atoms with van der Waals surface area (Å²) in [6.45, 7) is 6.69. The third kappa shape index (κ3) is 3.10. The number of rotatable bonds is 4. The van der Waals surface area contributed by atoms with E-state index in [1.807, 2.05) is 0 Å². The minimum absolute atomic E-state index is 0.275. The van der Waals surface area contributed by atoms with Crippen LogP contribution >= 0.6 is 11.3 Å². The smallest absolute Gasteiger partial charge is 0.0636 e. The highest BCUT2D eigenvalue weighted by Gasteiger charge is 2.09. The van der Waals surface area contributed by atoms with Crippen molar-refractivity contribution in [2.75, 3.05) is 6.54 Å². The van der Waals surface area contributed by atoms with E-state index in [0.29, 0.717) is 12.6 Å². The van der Waals surface area contributed by atoms with Crippen molar-refractivity contribution in [3.63, 3.8) is 0 Å². The second-order valence-electron chi connectivity index (χ2n) is 3.45. The maximum Gasteiger partial charge on any atom is 0.0636 e. The number of hydrogen-bond acceptors (Lipinski definition) is 3. The van der Waals surface area contributed by atoms with Crippen molar-refractivity contribution in [2.45, 2.75) is 32.9 Å². The maximum absolute atomic E-state index is 9.11. The van der Waals surface area contributed by atoms with E-state index in [-0.39, 0.29) is 6.10 Å². The molecule has 0 aliphatic carbocycles. The van der Waals surface area contributed by atoms with E-state index in [9.17, 15) is 0 Å². The molecule has 0 aliphatic heterocycles. The second kappa shape index (κ2) is 4.74. The molecule has 0 aliphatic rings. The summed E-state index contributed by atoms with van der Waals surface area (Å²) in [6, 6.07) is 2.47. The first-order valence-corrected chi connectivity index (χ1v) is 5.44. The first kappa shape index (κ1) is 10.7. The Morgan fingerprint density at radius 3 is 2.69 bits per heavy atom. The number of thiophene rings is 1. The first-order valence-electron chi connectivity index (χ1n) is 4.56. The van der Waals surface area contributed by atoms with Crippen molar-refractivity contribution < 1.29 is 5.11 Å². The maximum atomic E-state index is 9.11. The highest BCUT2D eigenvalue weighted by atomic mass is 32.1. The Kier molecular flexibility index (Phi) is 3.90. The summed E-state index contributed by atoms with van der Waals surface area (Å²) in [7, 11) is 0. The van der Waals surface area contributed by atoms with Gasteiger partial charge in [-0.25, -0.2) is 0 Å². The Labute approximate surface area is 83.6 Å². The summed E-state index contributed by atoms with van der Waals surface area (Å²) in [4.78, 5) is 1.36. The van der Waals surface area contributed by atoms with E-state index < -0.39 is 0 Å². The second-order valence-corrected chi connectivity index (χ2v) is 4.39. The van der Waals surface area contributed by atoms with Crippen LogP contribution in [0.5, 0.6) is 0 Å². The largest absolute Gasteiger partial charge is 0.392 e. The van der Waals surface area contributed by atoms with Crippen molar-refractivity contribution in [1.29, 1.82) is 0 Å². The lowest BCUT2D eigenvalue weighted by molar-refractivity contribution is 0.187. The number of aliphatic hydroxyl groups is 1. The number of aliphatic hydroxyl groups excluding tert-OH is 1. The quantitative estimate of drug-likeness (QED) is 0.778. The van der Waals surface area contributed by atoms with E-state index in [1.54, 1.807) is 18.3 Å². The van der Waals surface area contributed by atoms with Crippen LogP contribution in [0.1, 0.15) is 30.3 Å². The van der Waals surface area contributed by atoms with Crippen LogP contribution in [-0.4, -0.2) is 17.8 Å². The molecule has 1 aromatic rings. The van der Waals surface area contributed by atoms with Gasteiger partial charge in [0.2, 0.25) is 0 Å². The average Bonchev–Trinajstić information content (AvgIpc) is 2.47. The van der Waals surface area contributed by atoms with Crippen LogP contribution in [0, 0.1) is 6.92 Å². The van der Waals surface area contributed by atoms with Gasteiger partial charge in [0.05, 0.1) is 6.10 Å². The summed E-state index contributed by atoms with van der Waals surface area (Å²) in [5, 5.41) is 14.5. The van der Waals surface area contributed by atoms with E-state index in [4.69, 9.17) is 5.11 Å². The van der Waals surface area contributed by atoms with Crippen LogP contribution in [0.3, 0.4) is 0 Å². The molecular weight excluding hydrogens is 182 g/mol. The molecule has 2 atom stereocenters. The molecule has 0 amide bonds. The molecule has 0 saturated heterocycles. The Morgan fingerprint density at radius 1 is 1.54 bits per heavy atom. The minimum Gasteiger partial charge on any atom is -0.392 e. The lowest BCUT2D eigenvalue weighted by atomic mass is 10.2. The molecule has 0 aromatic carbocycles. The van der Waals surface area contributed by atoms with E-state index in [0.717, 1.165) is 0 Å². The Bertz CT molecular complexity index is 257. The molecule has 3 heteroatoms. The number of aryl methyl sites for hydroxylation is 1. The van der Waals surface area contributed by atoms with E-state index >= 15 is 0 Å². The zero-order valence-electron chi connectivity index (χ0n) is 8.37. The van der Waals surface area contributed by atoms with Crippen LogP contribution in [0.4, 0.5) is 0 Å². The predicted octanol–water partition coefficient (Wildman–Crippen LogP) is 2.09. The van der Waals surface area contributed by atoms with Crippen molar-refractivity contribution in [1.82, 2.24) is 5.32 Å². The molecule has 2 nitrogen and oxygen atoms in total. The summed E-state index contributed by atoms with van der Waals surface area (Å²) in [6.07, 6.45) is -0.275. The van der Waals surface area contributed by atoms with Gasteiger partial charge in [0, 0.05) is 17.5 Å². The third-order valence-corrected chi connectivity index (χ3v) is 3.22. The lowest BCUT2D eigenvalue weighted by Crippen LogP contribution is -2.26. The molecule has 74 valence electrons. The first-order chi connectivity index (χ1) is 6.11. The monoisotopic (exact) mass is 199 g/mol. The fourth-order valence-corrected chi connectivity index (χ4v) is 2.23. The van der Waals surface area contributed by atoms with Gasteiger partial charge in [-0.15, -0.1) is 11.3 Å². The fourth-order valence-electron chi connectivity index (χ4n) is 1.27. The normalized spacial score (nSPS) is 15.7. The van der Waals surface area contributed by atoms with Gasteiger partial charge in [-0.05, 0) is 37.8 Å². The molecule has 13 heavy (non-hydrogen) atoms. The molecule has 0 bridgehead atoms. The Balaban J connectivity index is 2.49. The van der Waals surface area contributed by atoms with Crippen LogP contribution in [0.2, 0.25) is 0 Å². The van der Waals surface area contributed by atoms with Gasteiger partial charge in [-0.1, -0.05) is 0 Å². The molecule has 1 aromatic heterocycles. The molecule has 0 radical (unpaired) electrons. The predicted molar refractivity (Wildman–Crippen MR) is 57.2 cm³/mol. The minimum atomic E-state index is -0.275. The van der Waals surface area contributed by atoms with Crippen LogP contribution < -0.4 is 5.32 Å². The summed E-state index contributed by atoms with van der Waals surface area (Å²) in [5.74, 6) is 0. The third-order valence-electron chi connectivity index (χ3n) is 2.01. The standard InChI is InChI=1S/C10H17NOS/c1-7-4-5-13-10(7)9(3)11-6-8(2)12/h4-5,8-9,11-12H,6H2,1-3H3/t8-,9-/m1/s1. The molecule has 0 saturated carbocycles. The molecule has 0 fully saturated rings. The van der Waals surface area contributed by atoms with Gasteiger partial charge >= 0.3 is 0 Å². The van der Waals surface area contributed by atoms with Crippen molar-refractivity contribution in [3.8, 4) is 0 Å². The van der Waals surface area contributed by atoms with Crippen LogP contribution in [0.15, 0.2) is 11.4 Å². The zero-order chi connectivity index (χ0) is 9.84. The summed E-state index contributed by atoms with van der Waals surface area (Å²) < 4.78 is 0. The van der Waals surface area contributed by atoms with Gasteiger partial charge < -0.3 is 10.4 Å². The van der Waals surface area contributed by atoms with Gasteiger partial charge in [0.1, 0.15) is 0 Å². The van der Waals surface area contributed by atoms with Crippen molar-refractivity contribution >= 4 is 11.3 Å². The van der Waals surface area contributed by atoms with E-state index in [1.165, 1.54) is 10.4 Å². The lowest BCUT2D eigenvalue weighted by Gasteiger charge is -2.14. The molecule has 2 N–H and O–H groups in total. The van der Waals surface area contributed by atoms with Gasteiger partial charge in [0.15, 0.2) is 0 Å². The van der Waals surface area contributed by atoms with Crippen molar-refractivity contribution in [3.05, 3.63) is 21.9 Å². The Morgan fingerprint density at radius 2 is 2.23 bits per heavy atom. The molecule has 0 spiro atoms. The highest BCUT2D eigenvalue weighted by molar-refractivity contribution is 7.10. The van der Waals surface area contributed by atoms with Crippen LogP contribution in [0.25, 0.3) is 0 Å². The highest BCUT2D eigenvalue weighted by Crippen LogP contribution is 2.23. The SMILES string of the molecule is Cc1ccsc1[C@@H](C)NC[C@@H](C)O. The van der Waals surface area contributed by atoms with Gasteiger partial charge in [-0.3, -0.25) is 0 Å². The topological polar surface area (TPSA) is 32.3 Å². The van der Waals surface area contributed by atoms with E-state index in [2.05, 4.69) is 30.6 Å². The number of hydrogen-bond donors (Lipinski definition) is 2. The molecular formula is C10H17NOS. The zero-order valence-corrected chi connectivity index (χ0v) is 9.19. The van der Waals surface area contributed by atoms with Gasteiger partial charge in [0.25, 0.3) is 0 Å². The molecule has 1 rings (SSSR count). The average molecular weight is 199 g/mol. The van der Waals surface area contributed by atoms with Gasteiger partial charge in [-0.2, -0.15) is 0 Å².